The third-order valence-electron chi connectivity index (χ3n) is 5.27. The summed E-state index contributed by atoms with van der Waals surface area (Å²) in [5, 5.41) is 3.05. The van der Waals surface area contributed by atoms with Gasteiger partial charge >= 0.3 is 6.03 Å². The third kappa shape index (κ3) is 4.95. The minimum atomic E-state index is -0.306. The number of primary amides is 1. The highest BCUT2D eigenvalue weighted by atomic mass is 16.2. The second-order valence-corrected chi connectivity index (χ2v) is 7.25. The molecule has 3 amide bonds. The van der Waals surface area contributed by atoms with Crippen molar-refractivity contribution in [3.8, 4) is 0 Å². The maximum Gasteiger partial charge on any atom is 0.317 e. The van der Waals surface area contributed by atoms with Crippen molar-refractivity contribution in [1.29, 1.82) is 0 Å². The molecule has 0 aliphatic carbocycles. The molecule has 6 nitrogen and oxygen atoms in total. The Bertz CT molecular complexity index is 592. The van der Waals surface area contributed by atoms with Gasteiger partial charge < -0.3 is 16.0 Å². The molecule has 25 heavy (non-hydrogen) atoms. The van der Waals surface area contributed by atoms with Crippen LogP contribution >= 0.6 is 0 Å². The average molecular weight is 344 g/mol. The summed E-state index contributed by atoms with van der Waals surface area (Å²) < 4.78 is 0. The highest BCUT2D eigenvalue weighted by Crippen LogP contribution is 2.19. The van der Waals surface area contributed by atoms with Crippen molar-refractivity contribution in [2.75, 3.05) is 32.7 Å². The lowest BCUT2D eigenvalue weighted by Gasteiger charge is -2.33. The number of hydrogen-bond donors (Lipinski definition) is 2. The molecule has 2 fully saturated rings. The van der Waals surface area contributed by atoms with E-state index in [-0.39, 0.29) is 17.9 Å². The van der Waals surface area contributed by atoms with E-state index in [2.05, 4.69) is 34.5 Å². The summed E-state index contributed by atoms with van der Waals surface area (Å²) in [7, 11) is 0. The predicted molar refractivity (Wildman–Crippen MR) is 96.7 cm³/mol. The molecule has 3 N–H and O–H groups in total. The second kappa shape index (κ2) is 8.34. The van der Waals surface area contributed by atoms with Gasteiger partial charge in [-0.1, -0.05) is 30.3 Å². The van der Waals surface area contributed by atoms with Crippen molar-refractivity contribution in [2.24, 2.45) is 17.6 Å². The van der Waals surface area contributed by atoms with Gasteiger partial charge in [0.1, 0.15) is 0 Å². The van der Waals surface area contributed by atoms with E-state index < -0.39 is 0 Å². The number of likely N-dealkylation sites (tertiary alicyclic amines) is 2. The van der Waals surface area contributed by atoms with Gasteiger partial charge in [0.05, 0.1) is 5.92 Å². The molecule has 1 aromatic rings. The lowest BCUT2D eigenvalue weighted by Crippen LogP contribution is -2.44. The lowest BCUT2D eigenvalue weighted by atomic mass is 9.97. The first kappa shape index (κ1) is 17.7. The SMILES string of the molecule is NC(=O)[C@@H]1CCN(C(=O)NC[C@@H]2CCCN(Cc3ccccc3)C2)C1. The minimum Gasteiger partial charge on any atom is -0.369 e. The largest absolute Gasteiger partial charge is 0.369 e. The first-order valence-corrected chi connectivity index (χ1v) is 9.20. The van der Waals surface area contributed by atoms with Crippen LogP contribution in [-0.2, 0) is 11.3 Å². The number of benzene rings is 1. The van der Waals surface area contributed by atoms with Crippen molar-refractivity contribution >= 4 is 11.9 Å². The second-order valence-electron chi connectivity index (χ2n) is 7.25. The van der Waals surface area contributed by atoms with Gasteiger partial charge in [-0.05, 0) is 37.3 Å². The summed E-state index contributed by atoms with van der Waals surface area (Å²) in [5.74, 6) is -0.0168. The maximum atomic E-state index is 12.3. The third-order valence-corrected chi connectivity index (χ3v) is 5.27. The number of nitrogens with zero attached hydrogens (tertiary/aromatic N) is 2. The Morgan fingerprint density at radius 3 is 2.64 bits per heavy atom. The molecule has 1 aromatic carbocycles. The molecule has 2 saturated heterocycles. The number of carbonyl (C=O) groups excluding carboxylic acids is 2. The number of rotatable bonds is 5. The van der Waals surface area contributed by atoms with E-state index in [0.29, 0.717) is 32.0 Å². The quantitative estimate of drug-likeness (QED) is 0.848. The van der Waals surface area contributed by atoms with E-state index in [1.54, 1.807) is 4.90 Å². The van der Waals surface area contributed by atoms with Gasteiger partial charge in [-0.2, -0.15) is 0 Å². The van der Waals surface area contributed by atoms with E-state index in [4.69, 9.17) is 5.73 Å². The Labute approximate surface area is 149 Å². The number of amides is 3. The van der Waals surface area contributed by atoms with E-state index in [0.717, 1.165) is 26.1 Å². The zero-order chi connectivity index (χ0) is 17.6. The lowest BCUT2D eigenvalue weighted by molar-refractivity contribution is -0.121. The normalized spacial score (nSPS) is 24.2. The predicted octanol–water partition coefficient (Wildman–Crippen LogP) is 1.42. The van der Waals surface area contributed by atoms with Crippen LogP contribution in [0.5, 0.6) is 0 Å². The molecule has 0 aromatic heterocycles. The van der Waals surface area contributed by atoms with Crippen LogP contribution in [0.15, 0.2) is 30.3 Å². The molecule has 6 heteroatoms. The van der Waals surface area contributed by atoms with Gasteiger partial charge in [0, 0.05) is 32.7 Å². The summed E-state index contributed by atoms with van der Waals surface area (Å²) in [6, 6.07) is 10.4. The monoisotopic (exact) mass is 344 g/mol. The van der Waals surface area contributed by atoms with Crippen LogP contribution in [-0.4, -0.2) is 54.5 Å². The molecule has 0 unspecified atom stereocenters. The summed E-state index contributed by atoms with van der Waals surface area (Å²) in [5.41, 5.74) is 6.66. The fourth-order valence-corrected chi connectivity index (χ4v) is 3.82. The molecule has 136 valence electrons. The summed E-state index contributed by atoms with van der Waals surface area (Å²) >= 11 is 0. The molecule has 2 atom stereocenters. The van der Waals surface area contributed by atoms with Crippen LogP contribution in [0.2, 0.25) is 0 Å². The Morgan fingerprint density at radius 2 is 1.92 bits per heavy atom. The Morgan fingerprint density at radius 1 is 1.12 bits per heavy atom. The number of urea groups is 1. The van der Waals surface area contributed by atoms with Crippen molar-refractivity contribution in [2.45, 2.75) is 25.8 Å². The highest BCUT2D eigenvalue weighted by molar-refractivity contribution is 5.80. The standard InChI is InChI=1S/C19H28N4O2/c20-18(24)17-8-10-23(14-17)19(25)21-11-16-7-4-9-22(13-16)12-15-5-2-1-3-6-15/h1-3,5-6,16-17H,4,7-14H2,(H2,20,24)(H,21,25)/t16-,17+/m0/s1. The van der Waals surface area contributed by atoms with E-state index in [9.17, 15) is 9.59 Å². The molecule has 0 bridgehead atoms. The number of piperidine rings is 1. The van der Waals surface area contributed by atoms with Crippen molar-refractivity contribution < 1.29 is 9.59 Å². The molecule has 3 rings (SSSR count). The average Bonchev–Trinajstić information content (AvgIpc) is 3.11. The van der Waals surface area contributed by atoms with Gasteiger partial charge in [-0.15, -0.1) is 0 Å². The minimum absolute atomic E-state index is 0.0658. The Kier molecular flexibility index (Phi) is 5.91. The van der Waals surface area contributed by atoms with Gasteiger partial charge in [0.25, 0.3) is 0 Å². The van der Waals surface area contributed by atoms with E-state index in [1.165, 1.54) is 12.0 Å². The fraction of sp³-hybridized carbons (Fsp3) is 0.579. The topological polar surface area (TPSA) is 78.7 Å². The molecule has 2 aliphatic rings. The van der Waals surface area contributed by atoms with Crippen LogP contribution in [0.4, 0.5) is 4.79 Å². The zero-order valence-corrected chi connectivity index (χ0v) is 14.7. The summed E-state index contributed by atoms with van der Waals surface area (Å²) in [6.45, 7) is 4.86. The van der Waals surface area contributed by atoms with E-state index in [1.807, 2.05) is 6.07 Å². The van der Waals surface area contributed by atoms with Gasteiger partial charge in [0.15, 0.2) is 0 Å². The highest BCUT2D eigenvalue weighted by Gasteiger charge is 2.30. The van der Waals surface area contributed by atoms with Crippen molar-refractivity contribution in [1.82, 2.24) is 15.1 Å². The van der Waals surface area contributed by atoms with Gasteiger partial charge in [-0.25, -0.2) is 4.79 Å². The van der Waals surface area contributed by atoms with Crippen molar-refractivity contribution in [3.05, 3.63) is 35.9 Å². The van der Waals surface area contributed by atoms with Crippen LogP contribution in [0.3, 0.4) is 0 Å². The number of nitrogens with two attached hydrogens (primary N) is 1. The van der Waals surface area contributed by atoms with E-state index >= 15 is 0 Å². The van der Waals surface area contributed by atoms with Gasteiger partial charge in [-0.3, -0.25) is 9.69 Å². The Balaban J connectivity index is 1.42. The van der Waals surface area contributed by atoms with Crippen molar-refractivity contribution in [3.63, 3.8) is 0 Å². The molecule has 0 radical (unpaired) electrons. The van der Waals surface area contributed by atoms with Gasteiger partial charge in [0.2, 0.25) is 5.91 Å². The Hall–Kier alpha value is -2.08. The van der Waals surface area contributed by atoms with Crippen LogP contribution in [0, 0.1) is 11.8 Å². The molecular formula is C19H28N4O2. The van der Waals surface area contributed by atoms with Crippen LogP contribution in [0.1, 0.15) is 24.8 Å². The number of hydrogen-bond acceptors (Lipinski definition) is 3. The maximum absolute atomic E-state index is 12.3. The molecule has 0 saturated carbocycles. The van der Waals surface area contributed by atoms with Crippen LogP contribution in [0.25, 0.3) is 0 Å². The fourth-order valence-electron chi connectivity index (χ4n) is 3.82. The molecule has 2 heterocycles. The zero-order valence-electron chi connectivity index (χ0n) is 14.7. The molecule has 0 spiro atoms. The smallest absolute Gasteiger partial charge is 0.317 e. The first-order valence-electron chi connectivity index (χ1n) is 9.20. The molecule has 2 aliphatic heterocycles. The first-order chi connectivity index (χ1) is 12.1. The number of carbonyl (C=O) groups is 2. The summed E-state index contributed by atoms with van der Waals surface area (Å²) in [6.07, 6.45) is 2.99. The molecular weight excluding hydrogens is 316 g/mol. The number of nitrogens with one attached hydrogen (secondary N) is 1. The summed E-state index contributed by atoms with van der Waals surface area (Å²) in [4.78, 5) is 27.7. The van der Waals surface area contributed by atoms with Crippen LogP contribution < -0.4 is 11.1 Å².